The van der Waals surface area contributed by atoms with Crippen LogP contribution in [-0.2, 0) is 7.05 Å². The zero-order chi connectivity index (χ0) is 25.0. The normalized spacial score (nSPS) is 12.2. The standard InChI is InChI=1S/C32H38N3/c1-20(2)24-16-17-28-27-12-9-10-15-29(27)35(31(28)23(24)7)30-18-34(19-33(30)8)32-25(21(3)4)13-11-14-26(32)22(5)6/h9-22H,1-8H3/q+1. The molecule has 0 atom stereocenters. The Morgan fingerprint density at radius 2 is 1.31 bits per heavy atom. The Hall–Kier alpha value is -3.33. The Morgan fingerprint density at radius 3 is 1.94 bits per heavy atom. The monoisotopic (exact) mass is 464 g/mol. The van der Waals surface area contributed by atoms with Gasteiger partial charge in [0.2, 0.25) is 0 Å². The Balaban J connectivity index is 1.85. The quantitative estimate of drug-likeness (QED) is 0.233. The van der Waals surface area contributed by atoms with Gasteiger partial charge in [0.15, 0.2) is 6.33 Å². The van der Waals surface area contributed by atoms with Crippen LogP contribution < -0.4 is 4.57 Å². The first-order valence-electron chi connectivity index (χ1n) is 12.9. The van der Waals surface area contributed by atoms with E-state index in [0.717, 1.165) is 0 Å². The summed E-state index contributed by atoms with van der Waals surface area (Å²) in [7, 11) is 2.17. The molecule has 0 amide bonds. The highest BCUT2D eigenvalue weighted by atomic mass is 15.2. The van der Waals surface area contributed by atoms with E-state index in [1.165, 1.54) is 55.6 Å². The summed E-state index contributed by atoms with van der Waals surface area (Å²) in [4.78, 5) is 0. The average Bonchev–Trinajstić information content (AvgIpc) is 3.36. The second-order valence-corrected chi connectivity index (χ2v) is 10.9. The lowest BCUT2D eigenvalue weighted by atomic mass is 9.92. The summed E-state index contributed by atoms with van der Waals surface area (Å²) in [6.07, 6.45) is 4.56. The summed E-state index contributed by atoms with van der Waals surface area (Å²) in [6, 6.07) is 20.2. The molecule has 5 aromatic rings. The molecule has 3 aromatic carbocycles. The van der Waals surface area contributed by atoms with Crippen molar-refractivity contribution in [3.05, 3.63) is 89.4 Å². The summed E-state index contributed by atoms with van der Waals surface area (Å²) in [6.45, 7) is 16.0. The molecule has 0 aliphatic heterocycles. The molecule has 0 aliphatic rings. The van der Waals surface area contributed by atoms with Crippen molar-refractivity contribution in [1.82, 2.24) is 9.13 Å². The molecule has 3 heteroatoms. The van der Waals surface area contributed by atoms with Gasteiger partial charge in [-0.1, -0.05) is 90.1 Å². The Labute approximate surface area is 209 Å². The molecule has 180 valence electrons. The van der Waals surface area contributed by atoms with E-state index in [9.17, 15) is 0 Å². The van der Waals surface area contributed by atoms with Crippen LogP contribution in [0.2, 0.25) is 0 Å². The predicted molar refractivity (Wildman–Crippen MR) is 148 cm³/mol. The topological polar surface area (TPSA) is 13.7 Å². The van der Waals surface area contributed by atoms with E-state index in [1.54, 1.807) is 0 Å². The predicted octanol–water partition coefficient (Wildman–Crippen LogP) is 8.08. The molecule has 0 N–H and O–H groups in total. The van der Waals surface area contributed by atoms with Crippen LogP contribution >= 0.6 is 0 Å². The minimum atomic E-state index is 0.448. The van der Waals surface area contributed by atoms with E-state index < -0.39 is 0 Å². The van der Waals surface area contributed by atoms with Crippen molar-refractivity contribution in [1.29, 1.82) is 0 Å². The van der Waals surface area contributed by atoms with Crippen LogP contribution in [0.15, 0.2) is 67.1 Å². The van der Waals surface area contributed by atoms with Crippen molar-refractivity contribution in [2.45, 2.75) is 66.2 Å². The lowest BCUT2D eigenvalue weighted by molar-refractivity contribution is -0.664. The smallest absolute Gasteiger partial charge is 0.238 e. The largest absolute Gasteiger partial charge is 0.265 e. The molecule has 35 heavy (non-hydrogen) atoms. The summed E-state index contributed by atoms with van der Waals surface area (Å²) in [5, 5.41) is 2.62. The third kappa shape index (κ3) is 3.69. The van der Waals surface area contributed by atoms with Gasteiger partial charge in [-0.25, -0.2) is 13.7 Å². The maximum atomic E-state index is 2.47. The molecule has 3 nitrogen and oxygen atoms in total. The van der Waals surface area contributed by atoms with Crippen molar-refractivity contribution in [3.8, 4) is 11.5 Å². The summed E-state index contributed by atoms with van der Waals surface area (Å²) >= 11 is 0. The van der Waals surface area contributed by atoms with Gasteiger partial charge in [-0.15, -0.1) is 0 Å². The van der Waals surface area contributed by atoms with Crippen LogP contribution in [0.1, 0.15) is 81.5 Å². The highest BCUT2D eigenvalue weighted by molar-refractivity contribution is 6.10. The zero-order valence-electron chi connectivity index (χ0n) is 22.4. The number of aryl methyl sites for hydroxylation is 2. The molecule has 0 fully saturated rings. The maximum Gasteiger partial charge on any atom is 0.265 e. The number of benzene rings is 3. The van der Waals surface area contributed by atoms with Gasteiger partial charge in [0.05, 0.1) is 7.05 Å². The van der Waals surface area contributed by atoms with E-state index in [-0.39, 0.29) is 0 Å². The molecular formula is C32H38N3+. The number of fused-ring (bicyclic) bond motifs is 3. The van der Waals surface area contributed by atoms with Crippen LogP contribution in [0.25, 0.3) is 33.3 Å². The van der Waals surface area contributed by atoms with Gasteiger partial charge >= 0.3 is 0 Å². The maximum absolute atomic E-state index is 2.47. The van der Waals surface area contributed by atoms with Crippen LogP contribution in [0.4, 0.5) is 0 Å². The van der Waals surface area contributed by atoms with Crippen molar-refractivity contribution in [3.63, 3.8) is 0 Å². The zero-order valence-corrected chi connectivity index (χ0v) is 22.4. The molecule has 2 aromatic heterocycles. The highest BCUT2D eigenvalue weighted by Gasteiger charge is 2.26. The molecule has 0 saturated carbocycles. The Bertz CT molecular complexity index is 1520. The molecule has 0 bridgehead atoms. The number of nitrogens with zero attached hydrogens (tertiary/aromatic N) is 3. The fourth-order valence-electron chi connectivity index (χ4n) is 5.74. The number of para-hydroxylation sites is 2. The second-order valence-electron chi connectivity index (χ2n) is 10.9. The number of aromatic nitrogens is 3. The molecule has 0 saturated heterocycles. The lowest BCUT2D eigenvalue weighted by Crippen LogP contribution is -2.30. The van der Waals surface area contributed by atoms with E-state index in [4.69, 9.17) is 0 Å². The fourth-order valence-corrected chi connectivity index (χ4v) is 5.74. The minimum Gasteiger partial charge on any atom is -0.238 e. The summed E-state index contributed by atoms with van der Waals surface area (Å²) in [5.41, 5.74) is 9.44. The molecular weight excluding hydrogens is 426 g/mol. The number of hydrogen-bond acceptors (Lipinski definition) is 0. The molecule has 5 rings (SSSR count). The molecule has 0 unspecified atom stereocenters. The van der Waals surface area contributed by atoms with Gasteiger partial charge in [-0.3, -0.25) is 0 Å². The van der Waals surface area contributed by atoms with Crippen LogP contribution in [-0.4, -0.2) is 9.13 Å². The first-order chi connectivity index (χ1) is 16.7. The third-order valence-electron chi connectivity index (χ3n) is 7.50. The Morgan fingerprint density at radius 1 is 0.686 bits per heavy atom. The minimum absolute atomic E-state index is 0.448. The van der Waals surface area contributed by atoms with Gasteiger partial charge in [-0.2, -0.15) is 0 Å². The number of imidazole rings is 1. The van der Waals surface area contributed by atoms with Crippen molar-refractivity contribution in [2.24, 2.45) is 7.05 Å². The van der Waals surface area contributed by atoms with Gasteiger partial charge in [0, 0.05) is 10.8 Å². The second kappa shape index (κ2) is 8.71. The van der Waals surface area contributed by atoms with E-state index in [0.29, 0.717) is 17.8 Å². The molecule has 2 heterocycles. The number of rotatable bonds is 5. The van der Waals surface area contributed by atoms with Gasteiger partial charge in [-0.05, 0) is 53.0 Å². The van der Waals surface area contributed by atoms with E-state index in [1.807, 2.05) is 0 Å². The van der Waals surface area contributed by atoms with Crippen molar-refractivity contribution >= 4 is 21.8 Å². The van der Waals surface area contributed by atoms with Crippen LogP contribution in [0, 0.1) is 6.92 Å². The highest BCUT2D eigenvalue weighted by Crippen LogP contribution is 2.37. The molecule has 0 aliphatic carbocycles. The molecule has 0 radical (unpaired) electrons. The third-order valence-corrected chi connectivity index (χ3v) is 7.50. The Kier molecular flexibility index (Phi) is 5.83. The van der Waals surface area contributed by atoms with Gasteiger partial charge in [0.25, 0.3) is 5.82 Å². The SMILES string of the molecule is Cc1c(C(C)C)ccc2c3ccccc3n(-c3cn(-c4c(C(C)C)cccc4C(C)C)c[n+]3C)c12. The molecule has 0 spiro atoms. The summed E-state index contributed by atoms with van der Waals surface area (Å²) in [5.74, 6) is 2.55. The van der Waals surface area contributed by atoms with E-state index >= 15 is 0 Å². The van der Waals surface area contributed by atoms with Crippen molar-refractivity contribution in [2.75, 3.05) is 0 Å². The van der Waals surface area contributed by atoms with Crippen molar-refractivity contribution < 1.29 is 4.57 Å². The van der Waals surface area contributed by atoms with Crippen LogP contribution in [0.3, 0.4) is 0 Å². The van der Waals surface area contributed by atoms with Crippen LogP contribution in [0.5, 0.6) is 0 Å². The first kappa shape index (κ1) is 23.4. The lowest BCUT2D eigenvalue weighted by Gasteiger charge is -2.17. The fraction of sp³-hybridized carbons (Fsp3) is 0.344. The average molecular weight is 465 g/mol. The first-order valence-corrected chi connectivity index (χ1v) is 12.9. The van der Waals surface area contributed by atoms with E-state index in [2.05, 4.69) is 136 Å². The summed E-state index contributed by atoms with van der Waals surface area (Å²) < 4.78 is 7.09. The van der Waals surface area contributed by atoms with Gasteiger partial charge in [0.1, 0.15) is 22.9 Å². The van der Waals surface area contributed by atoms with Gasteiger partial charge < -0.3 is 0 Å². The number of hydrogen-bond donors (Lipinski definition) is 0.